The molecule has 0 aliphatic rings. The molecular formula is C17H30IN3O4S. The highest BCUT2D eigenvalue weighted by molar-refractivity contribution is 14.0. The Morgan fingerprint density at radius 2 is 1.85 bits per heavy atom. The van der Waals surface area contributed by atoms with E-state index >= 15 is 0 Å². The molecule has 26 heavy (non-hydrogen) atoms. The quantitative estimate of drug-likeness (QED) is 0.221. The number of hydrogen-bond donors (Lipinski definition) is 2. The second kappa shape index (κ2) is 13.0. The summed E-state index contributed by atoms with van der Waals surface area (Å²) in [6.07, 6.45) is 2.56. The van der Waals surface area contributed by atoms with E-state index in [1.165, 1.54) is 6.26 Å². The standard InChI is InChI=1S/C17H29N3O4S.HI/c1-5-18-17(19-10-6-12-25(4,21)22)20-11-9-14-7-8-15(23-2)16(13-14)24-3;/h7-8,13H,5-6,9-12H2,1-4H3,(H2,18,19,20);1H. The summed E-state index contributed by atoms with van der Waals surface area (Å²) in [5.74, 6) is 2.26. The van der Waals surface area contributed by atoms with Crippen LogP contribution in [0.2, 0.25) is 0 Å². The number of nitrogens with zero attached hydrogens (tertiary/aromatic N) is 1. The highest BCUT2D eigenvalue weighted by Gasteiger charge is 2.05. The molecule has 7 nitrogen and oxygen atoms in total. The summed E-state index contributed by atoms with van der Waals surface area (Å²) in [5, 5.41) is 6.40. The number of nitrogens with one attached hydrogen (secondary N) is 2. The van der Waals surface area contributed by atoms with Gasteiger partial charge in [-0.25, -0.2) is 8.42 Å². The molecule has 9 heteroatoms. The molecule has 0 saturated heterocycles. The van der Waals surface area contributed by atoms with Crippen LogP contribution in [0.15, 0.2) is 23.2 Å². The van der Waals surface area contributed by atoms with Gasteiger partial charge < -0.3 is 20.1 Å². The minimum Gasteiger partial charge on any atom is -0.493 e. The zero-order valence-corrected chi connectivity index (χ0v) is 19.0. The maximum atomic E-state index is 11.1. The van der Waals surface area contributed by atoms with Crippen molar-refractivity contribution < 1.29 is 17.9 Å². The number of methoxy groups -OCH3 is 2. The average Bonchev–Trinajstić information content (AvgIpc) is 2.57. The monoisotopic (exact) mass is 499 g/mol. The molecule has 0 fully saturated rings. The predicted octanol–water partition coefficient (Wildman–Crippen LogP) is 1.85. The van der Waals surface area contributed by atoms with Crippen LogP contribution in [0.3, 0.4) is 0 Å². The summed E-state index contributed by atoms with van der Waals surface area (Å²) in [6, 6.07) is 5.84. The van der Waals surface area contributed by atoms with Gasteiger partial charge in [-0.1, -0.05) is 6.07 Å². The third kappa shape index (κ3) is 10.0. The van der Waals surface area contributed by atoms with E-state index in [0.717, 1.165) is 18.5 Å². The lowest BCUT2D eigenvalue weighted by Crippen LogP contribution is -2.38. The van der Waals surface area contributed by atoms with Crippen molar-refractivity contribution in [3.8, 4) is 11.5 Å². The molecular weight excluding hydrogens is 469 g/mol. The molecule has 0 spiro atoms. The van der Waals surface area contributed by atoms with Gasteiger partial charge in [0.15, 0.2) is 17.5 Å². The number of guanidine groups is 1. The van der Waals surface area contributed by atoms with Gasteiger partial charge in [-0.2, -0.15) is 0 Å². The van der Waals surface area contributed by atoms with E-state index in [-0.39, 0.29) is 29.7 Å². The minimum atomic E-state index is -2.93. The lowest BCUT2D eigenvalue weighted by molar-refractivity contribution is 0.354. The summed E-state index contributed by atoms with van der Waals surface area (Å²) < 4.78 is 32.8. The smallest absolute Gasteiger partial charge is 0.191 e. The first-order valence-electron chi connectivity index (χ1n) is 8.30. The molecule has 2 N–H and O–H groups in total. The number of benzene rings is 1. The van der Waals surface area contributed by atoms with Crippen molar-refractivity contribution in [2.45, 2.75) is 19.8 Å². The molecule has 0 atom stereocenters. The number of ether oxygens (including phenoxy) is 2. The number of hydrogen-bond acceptors (Lipinski definition) is 5. The number of aliphatic imine (C=N–C) groups is 1. The lowest BCUT2D eigenvalue weighted by Gasteiger charge is -2.12. The zero-order valence-electron chi connectivity index (χ0n) is 15.9. The highest BCUT2D eigenvalue weighted by atomic mass is 127. The molecule has 0 radical (unpaired) electrons. The van der Waals surface area contributed by atoms with Crippen molar-refractivity contribution in [1.82, 2.24) is 10.6 Å². The van der Waals surface area contributed by atoms with E-state index in [2.05, 4.69) is 15.6 Å². The molecule has 0 unspecified atom stereocenters. The number of sulfone groups is 1. The Hall–Kier alpha value is -1.23. The molecule has 0 aliphatic carbocycles. The van der Waals surface area contributed by atoms with Gasteiger partial charge in [0.1, 0.15) is 9.84 Å². The first kappa shape index (κ1) is 24.8. The maximum absolute atomic E-state index is 11.1. The summed E-state index contributed by atoms with van der Waals surface area (Å²) in [4.78, 5) is 4.39. The first-order valence-corrected chi connectivity index (χ1v) is 10.4. The first-order chi connectivity index (χ1) is 11.9. The Labute approximate surface area is 173 Å². The topological polar surface area (TPSA) is 89.0 Å². The van der Waals surface area contributed by atoms with E-state index in [0.29, 0.717) is 37.0 Å². The van der Waals surface area contributed by atoms with E-state index in [4.69, 9.17) is 9.47 Å². The van der Waals surface area contributed by atoms with Gasteiger partial charge in [0, 0.05) is 25.9 Å². The Kier molecular flexibility index (Phi) is 12.4. The van der Waals surface area contributed by atoms with Gasteiger partial charge in [0.05, 0.1) is 20.0 Å². The molecule has 0 amide bonds. The number of rotatable bonds is 10. The van der Waals surface area contributed by atoms with Crippen LogP contribution < -0.4 is 20.1 Å². The zero-order chi connectivity index (χ0) is 18.7. The maximum Gasteiger partial charge on any atom is 0.191 e. The van der Waals surface area contributed by atoms with Crippen molar-refractivity contribution in [2.75, 3.05) is 45.9 Å². The van der Waals surface area contributed by atoms with E-state index < -0.39 is 9.84 Å². The number of halogens is 1. The molecule has 0 aliphatic heterocycles. The van der Waals surface area contributed by atoms with Gasteiger partial charge in [-0.05, 0) is 37.5 Å². The molecule has 0 heterocycles. The van der Waals surface area contributed by atoms with Gasteiger partial charge in [-0.15, -0.1) is 24.0 Å². The van der Waals surface area contributed by atoms with Crippen molar-refractivity contribution in [1.29, 1.82) is 0 Å². The summed E-state index contributed by atoms with van der Waals surface area (Å²) in [5.41, 5.74) is 1.12. The Balaban J connectivity index is 0.00000625. The van der Waals surface area contributed by atoms with Crippen LogP contribution in [0.1, 0.15) is 18.9 Å². The lowest BCUT2D eigenvalue weighted by atomic mass is 10.1. The van der Waals surface area contributed by atoms with Crippen LogP contribution in [0.25, 0.3) is 0 Å². The summed E-state index contributed by atoms with van der Waals surface area (Å²) in [6.45, 7) is 3.91. The second-order valence-corrected chi connectivity index (χ2v) is 7.87. The van der Waals surface area contributed by atoms with Gasteiger partial charge >= 0.3 is 0 Å². The molecule has 150 valence electrons. The third-order valence-corrected chi connectivity index (χ3v) is 4.47. The molecule has 1 aromatic carbocycles. The van der Waals surface area contributed by atoms with E-state index in [1.807, 2.05) is 25.1 Å². The molecule has 0 bridgehead atoms. The summed E-state index contributed by atoms with van der Waals surface area (Å²) >= 11 is 0. The molecule has 0 aromatic heterocycles. The average molecular weight is 499 g/mol. The van der Waals surface area contributed by atoms with Crippen LogP contribution in [-0.4, -0.2) is 60.2 Å². The Morgan fingerprint density at radius 3 is 2.42 bits per heavy atom. The van der Waals surface area contributed by atoms with Crippen LogP contribution in [0.5, 0.6) is 11.5 Å². The Morgan fingerprint density at radius 1 is 1.15 bits per heavy atom. The third-order valence-electron chi connectivity index (χ3n) is 3.44. The second-order valence-electron chi connectivity index (χ2n) is 5.61. The van der Waals surface area contributed by atoms with E-state index in [1.54, 1.807) is 14.2 Å². The normalized spacial score (nSPS) is 11.5. The molecule has 1 aromatic rings. The van der Waals surface area contributed by atoms with Crippen LogP contribution >= 0.6 is 24.0 Å². The van der Waals surface area contributed by atoms with Gasteiger partial charge in [0.25, 0.3) is 0 Å². The van der Waals surface area contributed by atoms with Crippen molar-refractivity contribution in [2.24, 2.45) is 4.99 Å². The largest absolute Gasteiger partial charge is 0.493 e. The van der Waals surface area contributed by atoms with Crippen molar-refractivity contribution >= 4 is 39.8 Å². The van der Waals surface area contributed by atoms with E-state index in [9.17, 15) is 8.42 Å². The van der Waals surface area contributed by atoms with Gasteiger partial charge in [-0.3, -0.25) is 4.99 Å². The van der Waals surface area contributed by atoms with Crippen LogP contribution in [-0.2, 0) is 16.3 Å². The Bertz CT molecular complexity index is 666. The molecule has 1 rings (SSSR count). The fourth-order valence-corrected chi connectivity index (χ4v) is 2.87. The van der Waals surface area contributed by atoms with Crippen molar-refractivity contribution in [3.05, 3.63) is 23.8 Å². The molecule has 0 saturated carbocycles. The fourth-order valence-electron chi connectivity index (χ4n) is 2.22. The summed E-state index contributed by atoms with van der Waals surface area (Å²) in [7, 11) is 0.299. The minimum absolute atomic E-state index is 0. The van der Waals surface area contributed by atoms with Gasteiger partial charge in [0.2, 0.25) is 0 Å². The van der Waals surface area contributed by atoms with Crippen LogP contribution in [0.4, 0.5) is 0 Å². The predicted molar refractivity (Wildman–Crippen MR) is 117 cm³/mol. The SMILES string of the molecule is CCNC(=NCCCS(C)(=O)=O)NCCc1ccc(OC)c(OC)c1.I. The highest BCUT2D eigenvalue weighted by Crippen LogP contribution is 2.27. The fraction of sp³-hybridized carbons (Fsp3) is 0.588. The van der Waals surface area contributed by atoms with Crippen molar-refractivity contribution in [3.63, 3.8) is 0 Å². The van der Waals surface area contributed by atoms with Crippen LogP contribution in [0, 0.1) is 0 Å².